The minimum atomic E-state index is -0.250. The van der Waals surface area contributed by atoms with E-state index in [0.29, 0.717) is 0 Å². The van der Waals surface area contributed by atoms with E-state index in [1.807, 2.05) is 36.2 Å². The van der Waals surface area contributed by atoms with Crippen LogP contribution in [-0.4, -0.2) is 23.9 Å². The fourth-order valence-corrected chi connectivity index (χ4v) is 2.04. The highest BCUT2D eigenvalue weighted by Crippen LogP contribution is 2.40. The summed E-state index contributed by atoms with van der Waals surface area (Å²) in [4.78, 5) is 13.0. The van der Waals surface area contributed by atoms with Crippen LogP contribution in [-0.2, 0) is 4.79 Å². The van der Waals surface area contributed by atoms with Gasteiger partial charge in [0.15, 0.2) is 0 Å². The van der Waals surface area contributed by atoms with Crippen LogP contribution in [0.15, 0.2) is 28.7 Å². The number of hydrogen-bond acceptors (Lipinski definition) is 2. The van der Waals surface area contributed by atoms with Gasteiger partial charge in [-0.1, -0.05) is 28.1 Å². The lowest BCUT2D eigenvalue weighted by Gasteiger charge is -1.97. The fourth-order valence-electron chi connectivity index (χ4n) is 1.77. The van der Waals surface area contributed by atoms with Crippen molar-refractivity contribution in [2.45, 2.75) is 12.1 Å². The Bertz CT molecular complexity index is 363. The van der Waals surface area contributed by atoms with Crippen molar-refractivity contribution in [1.29, 1.82) is 0 Å². The van der Waals surface area contributed by atoms with E-state index in [9.17, 15) is 4.79 Å². The van der Waals surface area contributed by atoms with Crippen molar-refractivity contribution in [3.63, 3.8) is 0 Å². The van der Waals surface area contributed by atoms with Crippen molar-refractivity contribution >= 4 is 21.8 Å². The van der Waals surface area contributed by atoms with Gasteiger partial charge in [-0.05, 0) is 24.7 Å². The number of nitrogens with zero attached hydrogens (tertiary/aromatic N) is 1. The molecule has 1 saturated heterocycles. The summed E-state index contributed by atoms with van der Waals surface area (Å²) in [6.07, 6.45) is 0. The molecule has 1 aromatic carbocycles. The second-order valence-electron chi connectivity index (χ2n) is 3.51. The number of carbonyl (C=O) groups is 1. The molecular formula is C10H11BrN2O. The van der Waals surface area contributed by atoms with Gasteiger partial charge in [-0.2, -0.15) is 0 Å². The average Bonchev–Trinajstić information content (AvgIpc) is 2.79. The van der Waals surface area contributed by atoms with Crippen LogP contribution in [0.3, 0.4) is 0 Å². The third kappa shape index (κ3) is 1.55. The molecule has 2 N–H and O–H groups in total. The summed E-state index contributed by atoms with van der Waals surface area (Å²) in [7, 11) is 1.90. The highest BCUT2D eigenvalue weighted by molar-refractivity contribution is 9.10. The van der Waals surface area contributed by atoms with Gasteiger partial charge in [-0.3, -0.25) is 9.69 Å². The largest absolute Gasteiger partial charge is 0.368 e. The predicted molar refractivity (Wildman–Crippen MR) is 57.6 cm³/mol. The van der Waals surface area contributed by atoms with Gasteiger partial charge in [-0.15, -0.1) is 0 Å². The molecule has 74 valence electrons. The Morgan fingerprint density at radius 3 is 2.43 bits per heavy atom. The predicted octanol–water partition coefficient (Wildman–Crippen LogP) is 1.29. The van der Waals surface area contributed by atoms with E-state index in [4.69, 9.17) is 5.73 Å². The van der Waals surface area contributed by atoms with Crippen LogP contribution >= 0.6 is 15.9 Å². The van der Waals surface area contributed by atoms with Gasteiger partial charge < -0.3 is 5.73 Å². The molecule has 1 heterocycles. The number of primary amides is 1. The normalized spacial score (nSPS) is 30.0. The van der Waals surface area contributed by atoms with E-state index in [1.54, 1.807) is 0 Å². The fraction of sp³-hybridized carbons (Fsp3) is 0.300. The molecule has 1 amide bonds. The Balaban J connectivity index is 2.19. The zero-order chi connectivity index (χ0) is 10.3. The van der Waals surface area contributed by atoms with E-state index in [0.717, 1.165) is 10.0 Å². The summed E-state index contributed by atoms with van der Waals surface area (Å²) >= 11 is 3.37. The first-order valence-electron chi connectivity index (χ1n) is 4.38. The SMILES string of the molecule is CN1[C@@H](C(N)=O)[C@@H]1c1ccc(Br)cc1. The van der Waals surface area contributed by atoms with Crippen LogP contribution in [0.25, 0.3) is 0 Å². The molecule has 2 rings (SSSR count). The molecule has 1 fully saturated rings. The molecule has 0 radical (unpaired) electrons. The highest BCUT2D eigenvalue weighted by atomic mass is 79.9. The lowest BCUT2D eigenvalue weighted by Crippen LogP contribution is -2.20. The third-order valence-corrected chi connectivity index (χ3v) is 3.12. The van der Waals surface area contributed by atoms with Gasteiger partial charge in [0.05, 0.1) is 6.04 Å². The Labute approximate surface area is 91.0 Å². The lowest BCUT2D eigenvalue weighted by atomic mass is 10.1. The minimum absolute atomic E-state index is 0.129. The summed E-state index contributed by atoms with van der Waals surface area (Å²) in [6.45, 7) is 0. The van der Waals surface area contributed by atoms with Gasteiger partial charge in [-0.25, -0.2) is 0 Å². The smallest absolute Gasteiger partial charge is 0.236 e. The van der Waals surface area contributed by atoms with Crippen LogP contribution in [0.5, 0.6) is 0 Å². The van der Waals surface area contributed by atoms with Gasteiger partial charge in [0.1, 0.15) is 6.04 Å². The first kappa shape index (κ1) is 9.68. The van der Waals surface area contributed by atoms with Crippen molar-refractivity contribution in [2.24, 2.45) is 5.73 Å². The first-order chi connectivity index (χ1) is 6.61. The average molecular weight is 255 g/mol. The summed E-state index contributed by atoms with van der Waals surface area (Å²) in [5.41, 5.74) is 6.39. The lowest BCUT2D eigenvalue weighted by molar-refractivity contribution is -0.118. The van der Waals surface area contributed by atoms with Crippen LogP contribution in [0.4, 0.5) is 0 Å². The van der Waals surface area contributed by atoms with E-state index in [-0.39, 0.29) is 18.0 Å². The van der Waals surface area contributed by atoms with Crippen molar-refractivity contribution in [3.05, 3.63) is 34.3 Å². The zero-order valence-electron chi connectivity index (χ0n) is 7.77. The Morgan fingerprint density at radius 2 is 2.00 bits per heavy atom. The number of benzene rings is 1. The molecule has 4 heteroatoms. The first-order valence-corrected chi connectivity index (χ1v) is 5.17. The molecular weight excluding hydrogens is 244 g/mol. The van der Waals surface area contributed by atoms with Crippen molar-refractivity contribution < 1.29 is 4.79 Å². The third-order valence-electron chi connectivity index (χ3n) is 2.59. The molecule has 0 aromatic heterocycles. The quantitative estimate of drug-likeness (QED) is 0.809. The van der Waals surface area contributed by atoms with E-state index < -0.39 is 0 Å². The maximum atomic E-state index is 11.0. The Morgan fingerprint density at radius 1 is 1.43 bits per heavy atom. The molecule has 1 aromatic rings. The molecule has 1 aliphatic rings. The topological polar surface area (TPSA) is 46.1 Å². The molecule has 0 spiro atoms. The maximum Gasteiger partial charge on any atom is 0.236 e. The van der Waals surface area contributed by atoms with E-state index in [2.05, 4.69) is 15.9 Å². The van der Waals surface area contributed by atoms with Gasteiger partial charge in [0.2, 0.25) is 5.91 Å². The number of nitrogens with two attached hydrogens (primary N) is 1. The molecule has 0 aliphatic carbocycles. The standard InChI is InChI=1S/C10H11BrN2O/c1-13-8(9(13)10(12)14)6-2-4-7(11)5-3-6/h2-5,8-9H,1H3,(H2,12,14)/t8-,9+,13?/m0/s1. The van der Waals surface area contributed by atoms with Crippen LogP contribution < -0.4 is 5.73 Å². The summed E-state index contributed by atoms with van der Waals surface area (Å²) in [5, 5.41) is 0. The van der Waals surface area contributed by atoms with E-state index >= 15 is 0 Å². The molecule has 0 bridgehead atoms. The van der Waals surface area contributed by atoms with Crippen LogP contribution in [0.2, 0.25) is 0 Å². The number of likely N-dealkylation sites (N-methyl/N-ethyl adjacent to an activating group) is 1. The maximum absolute atomic E-state index is 11.0. The Kier molecular flexibility index (Phi) is 2.33. The van der Waals surface area contributed by atoms with Crippen molar-refractivity contribution in [3.8, 4) is 0 Å². The van der Waals surface area contributed by atoms with E-state index in [1.165, 1.54) is 0 Å². The summed E-state index contributed by atoms with van der Waals surface area (Å²) in [5.74, 6) is -0.250. The molecule has 3 atom stereocenters. The number of halogens is 1. The number of hydrogen-bond donors (Lipinski definition) is 1. The zero-order valence-corrected chi connectivity index (χ0v) is 9.36. The van der Waals surface area contributed by atoms with Gasteiger partial charge in [0, 0.05) is 4.47 Å². The molecule has 0 saturated carbocycles. The molecule has 3 nitrogen and oxygen atoms in total. The minimum Gasteiger partial charge on any atom is -0.368 e. The summed E-state index contributed by atoms with van der Waals surface area (Å²) < 4.78 is 1.04. The molecule has 1 unspecified atom stereocenters. The second-order valence-corrected chi connectivity index (χ2v) is 4.42. The van der Waals surface area contributed by atoms with Crippen LogP contribution in [0, 0.1) is 0 Å². The molecule has 1 aliphatic heterocycles. The van der Waals surface area contributed by atoms with Crippen LogP contribution in [0.1, 0.15) is 11.6 Å². The Hall–Kier alpha value is -0.870. The van der Waals surface area contributed by atoms with Crippen molar-refractivity contribution in [1.82, 2.24) is 4.90 Å². The monoisotopic (exact) mass is 254 g/mol. The van der Waals surface area contributed by atoms with Gasteiger partial charge >= 0.3 is 0 Å². The molecule has 14 heavy (non-hydrogen) atoms. The number of carbonyl (C=O) groups excluding carboxylic acids is 1. The second kappa shape index (κ2) is 3.37. The summed E-state index contributed by atoms with van der Waals surface area (Å²) in [6, 6.07) is 8.00. The van der Waals surface area contributed by atoms with Gasteiger partial charge in [0.25, 0.3) is 0 Å². The highest BCUT2D eigenvalue weighted by Gasteiger charge is 2.49. The number of amides is 1. The van der Waals surface area contributed by atoms with Crippen molar-refractivity contribution in [2.75, 3.05) is 7.05 Å². The number of rotatable bonds is 2.